The number of rotatable bonds is 3. The van der Waals surface area contributed by atoms with Gasteiger partial charge in [0.05, 0.1) is 23.4 Å². The fourth-order valence-corrected chi connectivity index (χ4v) is 3.50. The van der Waals surface area contributed by atoms with E-state index in [1.54, 1.807) is 15.6 Å². The molecule has 1 aromatic rings. The fourth-order valence-electron chi connectivity index (χ4n) is 2.20. The summed E-state index contributed by atoms with van der Waals surface area (Å²) in [6.07, 6.45) is 3.86. The number of carbonyl (C=O) groups excluding carboxylic acids is 1. The van der Waals surface area contributed by atoms with Gasteiger partial charge < -0.3 is 4.74 Å². The number of hydrazine groups is 1. The number of thiocarbonyl (C=S) groups is 1. The van der Waals surface area contributed by atoms with Gasteiger partial charge in [-0.1, -0.05) is 11.6 Å². The summed E-state index contributed by atoms with van der Waals surface area (Å²) in [6, 6.07) is 2.45. The predicted octanol–water partition coefficient (Wildman–Crippen LogP) is 3.24. The van der Waals surface area contributed by atoms with Crippen LogP contribution in [0.3, 0.4) is 0 Å². The summed E-state index contributed by atoms with van der Waals surface area (Å²) in [5.41, 5.74) is 3.44. The molecule has 0 bridgehead atoms. The second-order valence-corrected chi connectivity index (χ2v) is 6.30. The highest BCUT2D eigenvalue weighted by Gasteiger charge is 2.25. The third-order valence-electron chi connectivity index (χ3n) is 3.36. The van der Waals surface area contributed by atoms with E-state index < -0.39 is 11.8 Å². The van der Waals surface area contributed by atoms with Crippen LogP contribution in [0.4, 0.5) is 10.1 Å². The predicted molar refractivity (Wildman–Crippen MR) is 95.3 cm³/mol. The number of hydrogen-bond donors (Lipinski definition) is 1. The zero-order chi connectivity index (χ0) is 17.0. The molecule has 9 heteroatoms. The Morgan fingerprint density at radius 2 is 2.26 bits per heavy atom. The summed E-state index contributed by atoms with van der Waals surface area (Å²) in [5.74, 6) is -1.18. The van der Waals surface area contributed by atoms with Gasteiger partial charge in [-0.15, -0.1) is 0 Å². The Labute approximate surface area is 149 Å². The molecule has 0 saturated carbocycles. The third-order valence-corrected chi connectivity index (χ3v) is 4.93. The van der Waals surface area contributed by atoms with Crippen molar-refractivity contribution in [3.8, 4) is 0 Å². The van der Waals surface area contributed by atoms with E-state index in [9.17, 15) is 9.18 Å². The highest BCUT2D eigenvalue weighted by Crippen LogP contribution is 2.31. The van der Waals surface area contributed by atoms with E-state index in [0.717, 1.165) is 32.0 Å². The van der Waals surface area contributed by atoms with E-state index in [2.05, 4.69) is 10.2 Å². The molecule has 0 unspecified atom stereocenters. The van der Waals surface area contributed by atoms with E-state index in [1.807, 2.05) is 0 Å². The van der Waals surface area contributed by atoms with Gasteiger partial charge in [0.15, 0.2) is 0 Å². The highest BCUT2D eigenvalue weighted by molar-refractivity contribution is 8.01. The Hall–Kier alpha value is -1.09. The van der Waals surface area contributed by atoms with E-state index in [-0.39, 0.29) is 16.3 Å². The smallest absolute Gasteiger partial charge is 0.339 e. The van der Waals surface area contributed by atoms with Crippen LogP contribution in [0.5, 0.6) is 0 Å². The van der Waals surface area contributed by atoms with Gasteiger partial charge in [0, 0.05) is 19.3 Å². The molecular weight excluding hydrogens is 361 g/mol. The molecule has 23 heavy (non-hydrogen) atoms. The normalized spacial score (nSPS) is 14.5. The molecule has 1 aromatic carbocycles. The van der Waals surface area contributed by atoms with Crippen LogP contribution < -0.4 is 9.73 Å². The number of hydrogen-bond acceptors (Lipinski definition) is 5. The first kappa shape index (κ1) is 18.3. The quantitative estimate of drug-likeness (QED) is 0.493. The van der Waals surface area contributed by atoms with Gasteiger partial charge in [-0.25, -0.2) is 14.6 Å². The first-order valence-electron chi connectivity index (χ1n) is 6.96. The second-order valence-electron chi connectivity index (χ2n) is 4.80. The van der Waals surface area contributed by atoms with E-state index >= 15 is 0 Å². The molecule has 1 heterocycles. The number of anilines is 1. The van der Waals surface area contributed by atoms with E-state index in [4.69, 9.17) is 23.8 Å². The van der Waals surface area contributed by atoms with Crippen LogP contribution in [0.1, 0.15) is 23.2 Å². The summed E-state index contributed by atoms with van der Waals surface area (Å²) in [5, 5.41) is 2.23. The van der Waals surface area contributed by atoms with Crippen LogP contribution in [-0.2, 0) is 4.74 Å². The Morgan fingerprint density at radius 3 is 2.83 bits per heavy atom. The molecule has 1 aliphatic heterocycles. The van der Waals surface area contributed by atoms with Crippen molar-refractivity contribution in [1.29, 1.82) is 0 Å². The molecule has 0 radical (unpaired) electrons. The summed E-state index contributed by atoms with van der Waals surface area (Å²) in [6.45, 7) is 1.56. The lowest BCUT2D eigenvalue weighted by Crippen LogP contribution is -2.51. The number of esters is 1. The molecule has 1 saturated heterocycles. The molecule has 0 amide bonds. The lowest BCUT2D eigenvalue weighted by atomic mass is 10.2. The van der Waals surface area contributed by atoms with Gasteiger partial charge in [0.25, 0.3) is 0 Å². The minimum absolute atomic E-state index is 0.00108. The molecule has 1 N–H and O–H groups in total. The topological polar surface area (TPSA) is 44.8 Å². The summed E-state index contributed by atoms with van der Waals surface area (Å²) >= 11 is 12.6. The zero-order valence-electron chi connectivity index (χ0n) is 12.8. The molecule has 1 fully saturated rings. The monoisotopic (exact) mass is 377 g/mol. The molecule has 126 valence electrons. The Morgan fingerprint density at radius 1 is 1.52 bits per heavy atom. The van der Waals surface area contributed by atoms with Crippen molar-refractivity contribution in [1.82, 2.24) is 10.4 Å². The molecule has 1 aliphatic rings. The number of carbonyl (C=O) groups is 1. The lowest BCUT2D eigenvalue weighted by Gasteiger charge is -2.35. The van der Waals surface area contributed by atoms with Gasteiger partial charge >= 0.3 is 5.97 Å². The number of nitrogens with one attached hydrogen (secondary N) is 1. The van der Waals surface area contributed by atoms with Crippen LogP contribution in [0.15, 0.2) is 12.1 Å². The van der Waals surface area contributed by atoms with Crippen LogP contribution in [0.2, 0.25) is 5.02 Å². The molecular formula is C14H17ClFN3O2S2. The summed E-state index contributed by atoms with van der Waals surface area (Å²) in [4.78, 5) is 11.8. The van der Waals surface area contributed by atoms with Gasteiger partial charge in [0.2, 0.25) is 5.11 Å². The third kappa shape index (κ3) is 4.06. The summed E-state index contributed by atoms with van der Waals surface area (Å²) < 4.78 is 20.6. The zero-order valence-corrected chi connectivity index (χ0v) is 15.2. The van der Waals surface area contributed by atoms with Crippen molar-refractivity contribution in [3.63, 3.8) is 0 Å². The molecule has 0 aliphatic carbocycles. The number of benzene rings is 1. The molecule has 5 nitrogen and oxygen atoms in total. The number of ether oxygens (including phenoxy) is 1. The van der Waals surface area contributed by atoms with Gasteiger partial charge in [-0.3, -0.25) is 9.31 Å². The van der Waals surface area contributed by atoms with Crippen LogP contribution >= 0.6 is 35.8 Å². The number of methoxy groups -OCH3 is 1. The van der Waals surface area contributed by atoms with Crippen molar-refractivity contribution < 1.29 is 13.9 Å². The van der Waals surface area contributed by atoms with Crippen molar-refractivity contribution in [2.75, 3.05) is 30.8 Å². The van der Waals surface area contributed by atoms with Crippen LogP contribution in [-0.4, -0.2) is 42.5 Å². The Balaban J connectivity index is 2.36. The van der Waals surface area contributed by atoms with Crippen molar-refractivity contribution in [3.05, 3.63) is 28.5 Å². The van der Waals surface area contributed by atoms with E-state index in [1.165, 1.54) is 25.1 Å². The Bertz CT molecular complexity index is 612. The van der Waals surface area contributed by atoms with E-state index in [0.29, 0.717) is 5.11 Å². The van der Waals surface area contributed by atoms with Gasteiger partial charge in [-0.05, 0) is 49.1 Å². The maximum Gasteiger partial charge on any atom is 0.339 e. The van der Waals surface area contributed by atoms with Crippen molar-refractivity contribution >= 4 is 52.5 Å². The van der Waals surface area contributed by atoms with Gasteiger partial charge in [0.1, 0.15) is 5.82 Å². The molecule has 0 atom stereocenters. The number of halogens is 2. The largest absolute Gasteiger partial charge is 0.465 e. The number of nitrogens with zero attached hydrogens (tertiary/aromatic N) is 2. The fraction of sp³-hybridized carbons (Fsp3) is 0.429. The van der Waals surface area contributed by atoms with Crippen LogP contribution in [0.25, 0.3) is 0 Å². The second kappa shape index (κ2) is 8.14. The highest BCUT2D eigenvalue weighted by atomic mass is 35.5. The maximum atomic E-state index is 14.4. The average Bonchev–Trinajstić information content (AvgIpc) is 2.57. The first-order chi connectivity index (χ1) is 11.0. The van der Waals surface area contributed by atoms with Gasteiger partial charge in [-0.2, -0.15) is 0 Å². The first-order valence-corrected chi connectivity index (χ1v) is 8.93. The summed E-state index contributed by atoms with van der Waals surface area (Å²) in [7, 11) is 1.25. The lowest BCUT2D eigenvalue weighted by molar-refractivity contribution is 0.0601. The average molecular weight is 378 g/mol. The standard InChI is InChI=1S/C14H17ClFN3O2S2/c1-21-13(20)9-7-12(11(16)8-10(9)15)19(23-2)14(22)18-6-4-3-5-17-18/h7-8,17H,3-6H2,1-2H3. The molecule has 0 aromatic heterocycles. The Kier molecular flexibility index (Phi) is 6.46. The van der Waals surface area contributed by atoms with Crippen molar-refractivity contribution in [2.24, 2.45) is 0 Å². The molecule has 2 rings (SSSR count). The van der Waals surface area contributed by atoms with Crippen molar-refractivity contribution in [2.45, 2.75) is 12.8 Å². The SMILES string of the molecule is COC(=O)c1cc(N(SC)C(=S)N2CCCCN2)c(F)cc1Cl. The minimum atomic E-state index is -0.626. The molecule has 0 spiro atoms. The minimum Gasteiger partial charge on any atom is -0.465 e. The van der Waals surface area contributed by atoms with Crippen LogP contribution in [0, 0.1) is 5.82 Å². The maximum absolute atomic E-state index is 14.4.